The number of hydrogen-bond donors (Lipinski definition) is 0. The van der Waals surface area contributed by atoms with Crippen molar-refractivity contribution in [1.82, 2.24) is 24.3 Å². The Morgan fingerprint density at radius 2 is 1.68 bits per heavy atom. The van der Waals surface area contributed by atoms with Crippen LogP contribution >= 0.6 is 0 Å². The predicted molar refractivity (Wildman–Crippen MR) is 170 cm³/mol. The summed E-state index contributed by atoms with van der Waals surface area (Å²) in [5.74, 6) is 0.721. The van der Waals surface area contributed by atoms with Crippen LogP contribution in [0, 0.1) is 5.82 Å². The number of hydrogen-bond acceptors (Lipinski definition) is 10. The first kappa shape index (κ1) is 31.8. The number of carbonyl (C=O) groups excluding carboxylic acids is 1. The Balaban J connectivity index is 1.22. The molecule has 0 saturated carbocycles. The molecule has 5 aromatic rings. The molecule has 47 heavy (non-hydrogen) atoms. The smallest absolute Gasteiger partial charge is 0.282 e. The highest BCUT2D eigenvalue weighted by Crippen LogP contribution is 2.36. The Labute approximate surface area is 269 Å². The molecule has 0 radical (unpaired) electrons. The van der Waals surface area contributed by atoms with E-state index in [2.05, 4.69) is 15.0 Å². The number of rotatable bonds is 14. The zero-order chi connectivity index (χ0) is 32.8. The van der Waals surface area contributed by atoms with Crippen molar-refractivity contribution in [2.75, 3.05) is 40.6 Å². The lowest BCUT2D eigenvalue weighted by Gasteiger charge is -2.19. The predicted octanol–water partition coefficient (Wildman–Crippen LogP) is 4.72. The van der Waals surface area contributed by atoms with Gasteiger partial charge in [0, 0.05) is 32.5 Å². The molecular weight excluding hydrogens is 609 g/mol. The van der Waals surface area contributed by atoms with Crippen molar-refractivity contribution in [3.8, 4) is 28.8 Å². The first-order valence-electron chi connectivity index (χ1n) is 15.3. The van der Waals surface area contributed by atoms with Crippen LogP contribution in [0.25, 0.3) is 16.6 Å². The lowest BCUT2D eigenvalue weighted by molar-refractivity contribution is 0.0989. The van der Waals surface area contributed by atoms with Crippen molar-refractivity contribution in [2.24, 2.45) is 0 Å². The first-order valence-corrected chi connectivity index (χ1v) is 15.3. The molecule has 0 unspecified atom stereocenters. The number of aromatic nitrogens is 5. The van der Waals surface area contributed by atoms with E-state index in [1.165, 1.54) is 23.3 Å². The van der Waals surface area contributed by atoms with Gasteiger partial charge in [-0.15, -0.1) is 0 Å². The minimum absolute atomic E-state index is 0.0802. The van der Waals surface area contributed by atoms with Crippen LogP contribution in [0.4, 0.5) is 4.39 Å². The SMILES string of the molecule is COCCOc1cc2ncnc(Oc3ccc(CC(=O)c4c5n(n(-c6ccccc6F)c4=O)CCCC5)nc3)c2cc1OCCOC. The van der Waals surface area contributed by atoms with Gasteiger partial charge >= 0.3 is 0 Å². The molecule has 0 spiro atoms. The van der Waals surface area contributed by atoms with E-state index in [0.717, 1.165) is 12.8 Å². The molecule has 1 aliphatic heterocycles. The molecule has 0 amide bonds. The molecule has 3 aromatic heterocycles. The van der Waals surface area contributed by atoms with Gasteiger partial charge in [0.05, 0.1) is 42.4 Å². The molecule has 13 heteroatoms. The first-order chi connectivity index (χ1) is 23.0. The number of halogens is 1. The van der Waals surface area contributed by atoms with Gasteiger partial charge in [0.1, 0.15) is 42.4 Å². The molecule has 244 valence electrons. The second-order valence-electron chi connectivity index (χ2n) is 10.8. The third-order valence-corrected chi connectivity index (χ3v) is 7.75. The zero-order valence-electron chi connectivity index (χ0n) is 26.1. The number of benzene rings is 2. The summed E-state index contributed by atoms with van der Waals surface area (Å²) in [6, 6.07) is 12.9. The van der Waals surface area contributed by atoms with Crippen LogP contribution in [-0.4, -0.2) is 70.7 Å². The number of ketones is 1. The molecule has 0 bridgehead atoms. The van der Waals surface area contributed by atoms with E-state index in [0.29, 0.717) is 78.9 Å². The maximum atomic E-state index is 14.7. The van der Waals surface area contributed by atoms with Crippen molar-refractivity contribution in [2.45, 2.75) is 32.2 Å². The Morgan fingerprint density at radius 3 is 2.40 bits per heavy atom. The molecule has 0 fully saturated rings. The fourth-order valence-electron chi connectivity index (χ4n) is 5.53. The highest BCUT2D eigenvalue weighted by Gasteiger charge is 2.28. The van der Waals surface area contributed by atoms with Crippen LogP contribution in [-0.2, 0) is 28.9 Å². The van der Waals surface area contributed by atoms with E-state index in [4.69, 9.17) is 23.7 Å². The quantitative estimate of drug-likeness (QED) is 0.124. The van der Waals surface area contributed by atoms with Gasteiger partial charge in [-0.25, -0.2) is 19.0 Å². The third kappa shape index (κ3) is 6.86. The van der Waals surface area contributed by atoms with Crippen LogP contribution in [0.1, 0.15) is 34.6 Å². The maximum absolute atomic E-state index is 14.7. The van der Waals surface area contributed by atoms with Gasteiger partial charge in [-0.1, -0.05) is 12.1 Å². The van der Waals surface area contributed by atoms with Crippen molar-refractivity contribution >= 4 is 16.7 Å². The Kier molecular flexibility index (Phi) is 9.83. The summed E-state index contributed by atoms with van der Waals surface area (Å²) >= 11 is 0. The Bertz CT molecular complexity index is 1940. The van der Waals surface area contributed by atoms with Gasteiger partial charge in [0.15, 0.2) is 17.3 Å². The molecule has 0 atom stereocenters. The number of fused-ring (bicyclic) bond motifs is 2. The highest BCUT2D eigenvalue weighted by molar-refractivity contribution is 5.98. The zero-order valence-corrected chi connectivity index (χ0v) is 26.1. The molecule has 4 heterocycles. The number of carbonyl (C=O) groups is 1. The lowest BCUT2D eigenvalue weighted by Crippen LogP contribution is -2.25. The van der Waals surface area contributed by atoms with Crippen LogP contribution in [0.5, 0.6) is 23.1 Å². The molecule has 0 saturated heterocycles. The van der Waals surface area contributed by atoms with Crippen LogP contribution < -0.4 is 19.8 Å². The third-order valence-electron chi connectivity index (χ3n) is 7.75. The molecule has 0 N–H and O–H groups in total. The molecule has 0 aliphatic carbocycles. The fourth-order valence-corrected chi connectivity index (χ4v) is 5.53. The summed E-state index contributed by atoms with van der Waals surface area (Å²) in [6.45, 7) is 1.95. The standard InChI is InChI=1S/C34H34FN5O7/c1-43-13-15-45-30-18-24-26(19-31(30)46-16-14-44-2)37-21-38-33(24)47-23-11-10-22(36-20-23)17-29(41)32-28-9-5-6-12-39(28)40(34(32)42)27-8-4-3-7-25(27)35/h3-4,7-8,10-11,18-21H,5-6,9,12-17H2,1-2H3. The van der Waals surface area contributed by atoms with Crippen LogP contribution in [0.2, 0.25) is 0 Å². The number of ether oxygens (including phenoxy) is 5. The highest BCUT2D eigenvalue weighted by atomic mass is 19.1. The Hall–Kier alpha value is -5.14. The van der Waals surface area contributed by atoms with Gasteiger partial charge in [-0.05, 0) is 49.6 Å². The molecule has 1 aliphatic rings. The average Bonchev–Trinajstić information content (AvgIpc) is 3.38. The normalized spacial score (nSPS) is 12.6. The van der Waals surface area contributed by atoms with Gasteiger partial charge in [0.2, 0.25) is 5.88 Å². The summed E-state index contributed by atoms with van der Waals surface area (Å²) in [4.78, 5) is 40.2. The van der Waals surface area contributed by atoms with Crippen molar-refractivity contribution in [1.29, 1.82) is 0 Å². The number of para-hydroxylation sites is 1. The summed E-state index contributed by atoms with van der Waals surface area (Å²) in [7, 11) is 3.18. The van der Waals surface area contributed by atoms with E-state index in [-0.39, 0.29) is 29.3 Å². The van der Waals surface area contributed by atoms with E-state index in [1.807, 2.05) is 0 Å². The van der Waals surface area contributed by atoms with Crippen molar-refractivity contribution < 1.29 is 32.9 Å². The average molecular weight is 644 g/mol. The molecule has 12 nitrogen and oxygen atoms in total. The minimum atomic E-state index is -0.529. The van der Waals surface area contributed by atoms with E-state index in [1.54, 1.807) is 61.4 Å². The van der Waals surface area contributed by atoms with Gasteiger partial charge in [0.25, 0.3) is 5.56 Å². The number of nitrogens with zero attached hydrogens (tertiary/aromatic N) is 5. The largest absolute Gasteiger partial charge is 0.487 e. The van der Waals surface area contributed by atoms with E-state index >= 15 is 0 Å². The topological polar surface area (TPSA) is 129 Å². The monoisotopic (exact) mass is 643 g/mol. The summed E-state index contributed by atoms with van der Waals surface area (Å²) in [5.41, 5.74) is 1.34. The summed E-state index contributed by atoms with van der Waals surface area (Å²) < 4.78 is 45.8. The molecule has 2 aromatic carbocycles. The molecular formula is C34H34FN5O7. The van der Waals surface area contributed by atoms with E-state index < -0.39 is 11.4 Å². The van der Waals surface area contributed by atoms with Gasteiger partial charge < -0.3 is 23.7 Å². The van der Waals surface area contributed by atoms with Crippen molar-refractivity contribution in [3.63, 3.8) is 0 Å². The van der Waals surface area contributed by atoms with Crippen LogP contribution in [0.3, 0.4) is 0 Å². The number of methoxy groups -OCH3 is 2. The molecule has 6 rings (SSSR count). The van der Waals surface area contributed by atoms with Gasteiger partial charge in [-0.2, -0.15) is 0 Å². The minimum Gasteiger partial charge on any atom is -0.487 e. The Morgan fingerprint density at radius 1 is 0.915 bits per heavy atom. The van der Waals surface area contributed by atoms with E-state index in [9.17, 15) is 14.0 Å². The summed E-state index contributed by atoms with van der Waals surface area (Å²) in [5, 5.41) is 0.586. The number of pyridine rings is 1. The van der Waals surface area contributed by atoms with Crippen LogP contribution in [0.15, 0.2) is 65.8 Å². The fraction of sp³-hybridized carbons (Fsp3) is 0.324. The lowest BCUT2D eigenvalue weighted by atomic mass is 10.0. The summed E-state index contributed by atoms with van der Waals surface area (Å²) in [6.07, 6.45) is 5.00. The van der Waals surface area contributed by atoms with Crippen molar-refractivity contribution in [3.05, 3.63) is 94.2 Å². The number of Topliss-reactive ketones (excluding diaryl/α,β-unsaturated/α-hetero) is 1. The second kappa shape index (κ2) is 14.5. The van der Waals surface area contributed by atoms with Gasteiger partial charge in [-0.3, -0.25) is 19.3 Å². The maximum Gasteiger partial charge on any atom is 0.282 e. The second-order valence-corrected chi connectivity index (χ2v) is 10.8.